The van der Waals surface area contributed by atoms with E-state index in [4.69, 9.17) is 5.11 Å². The van der Waals surface area contributed by atoms with Crippen LogP contribution in [0, 0.1) is 19.8 Å². The molecule has 1 rings (SSSR count). The fourth-order valence-electron chi connectivity index (χ4n) is 1.66. The molecule has 0 aliphatic carbocycles. The van der Waals surface area contributed by atoms with E-state index >= 15 is 0 Å². The normalized spacial score (nSPS) is 13.1. The van der Waals surface area contributed by atoms with E-state index < -0.39 is 12.0 Å². The van der Waals surface area contributed by atoms with E-state index in [0.717, 1.165) is 11.1 Å². The lowest BCUT2D eigenvalue weighted by atomic mass is 10.0. The molecular weight excluding hydrogens is 190 g/mol. The third-order valence-electron chi connectivity index (χ3n) is 2.65. The predicted molar refractivity (Wildman–Crippen MR) is 60.0 cm³/mol. The van der Waals surface area contributed by atoms with Crippen molar-refractivity contribution in [2.75, 3.05) is 0 Å². The van der Waals surface area contributed by atoms with Crippen LogP contribution in [0.4, 0.5) is 0 Å². The van der Waals surface area contributed by atoms with Crippen LogP contribution >= 0.6 is 0 Å². The van der Waals surface area contributed by atoms with Crippen LogP contribution in [0.3, 0.4) is 0 Å². The molecule has 0 bridgehead atoms. The lowest BCUT2D eigenvalue weighted by molar-refractivity contribution is -0.141. The molecule has 0 saturated carbocycles. The second kappa shape index (κ2) is 4.51. The third kappa shape index (κ3) is 2.85. The summed E-state index contributed by atoms with van der Waals surface area (Å²) >= 11 is 0. The Labute approximate surface area is 90.7 Å². The average Bonchev–Trinajstić information content (AvgIpc) is 2.42. The maximum atomic E-state index is 11.1. The number of carboxylic acid groups (broad SMARTS) is 1. The van der Waals surface area contributed by atoms with E-state index in [1.807, 2.05) is 44.7 Å². The molecule has 3 nitrogen and oxygen atoms in total. The van der Waals surface area contributed by atoms with Gasteiger partial charge in [0.2, 0.25) is 0 Å². The van der Waals surface area contributed by atoms with E-state index in [1.54, 1.807) is 0 Å². The first-order valence-corrected chi connectivity index (χ1v) is 5.29. The van der Waals surface area contributed by atoms with Gasteiger partial charge >= 0.3 is 5.97 Å². The van der Waals surface area contributed by atoms with Crippen molar-refractivity contribution in [3.63, 3.8) is 0 Å². The number of aromatic nitrogens is 1. The van der Waals surface area contributed by atoms with Crippen LogP contribution in [-0.2, 0) is 4.79 Å². The zero-order chi connectivity index (χ0) is 11.6. The SMILES string of the molecule is Cc1cn([C@@H](CC(C)C)C(=O)O)cc1C. The van der Waals surface area contributed by atoms with Gasteiger partial charge in [-0.25, -0.2) is 4.79 Å². The van der Waals surface area contributed by atoms with Crippen molar-refractivity contribution in [3.8, 4) is 0 Å². The van der Waals surface area contributed by atoms with E-state index in [1.165, 1.54) is 0 Å². The molecule has 1 heterocycles. The lowest BCUT2D eigenvalue weighted by Crippen LogP contribution is -2.19. The van der Waals surface area contributed by atoms with E-state index in [0.29, 0.717) is 12.3 Å². The van der Waals surface area contributed by atoms with Gasteiger partial charge in [-0.1, -0.05) is 13.8 Å². The molecule has 15 heavy (non-hydrogen) atoms. The standard InChI is InChI=1S/C12H19NO2/c1-8(2)5-11(12(14)15)13-6-9(3)10(4)7-13/h6-8,11H,5H2,1-4H3,(H,14,15)/t11-/m0/s1. The van der Waals surface area contributed by atoms with Crippen LogP contribution in [-0.4, -0.2) is 15.6 Å². The lowest BCUT2D eigenvalue weighted by Gasteiger charge is -2.16. The average molecular weight is 209 g/mol. The number of hydrogen-bond donors (Lipinski definition) is 1. The molecular formula is C12H19NO2. The molecule has 1 N–H and O–H groups in total. The Balaban J connectivity index is 2.94. The monoisotopic (exact) mass is 209 g/mol. The number of carbonyl (C=O) groups is 1. The summed E-state index contributed by atoms with van der Waals surface area (Å²) in [6, 6.07) is -0.433. The number of rotatable bonds is 4. The van der Waals surface area contributed by atoms with Crippen molar-refractivity contribution < 1.29 is 9.90 Å². The summed E-state index contributed by atoms with van der Waals surface area (Å²) in [5.74, 6) is -0.368. The maximum absolute atomic E-state index is 11.1. The minimum Gasteiger partial charge on any atom is -0.480 e. The molecule has 0 spiro atoms. The highest BCUT2D eigenvalue weighted by Crippen LogP contribution is 2.20. The highest BCUT2D eigenvalue weighted by atomic mass is 16.4. The smallest absolute Gasteiger partial charge is 0.326 e. The predicted octanol–water partition coefficient (Wildman–Crippen LogP) is 2.78. The minimum absolute atomic E-state index is 0.383. The van der Waals surface area contributed by atoms with Gasteiger partial charge in [-0.2, -0.15) is 0 Å². The van der Waals surface area contributed by atoms with Gasteiger partial charge in [-0.3, -0.25) is 0 Å². The highest BCUT2D eigenvalue weighted by Gasteiger charge is 2.20. The summed E-state index contributed by atoms with van der Waals surface area (Å²) in [4.78, 5) is 11.1. The molecule has 0 aliphatic heterocycles. The molecule has 0 unspecified atom stereocenters. The maximum Gasteiger partial charge on any atom is 0.326 e. The summed E-state index contributed by atoms with van der Waals surface area (Å²) < 4.78 is 1.81. The van der Waals surface area contributed by atoms with Crippen molar-refractivity contribution in [2.45, 2.75) is 40.2 Å². The molecule has 0 aromatic carbocycles. The van der Waals surface area contributed by atoms with Crippen molar-refractivity contribution in [2.24, 2.45) is 5.92 Å². The first-order valence-electron chi connectivity index (χ1n) is 5.29. The summed E-state index contributed by atoms with van der Waals surface area (Å²) in [5, 5.41) is 9.15. The molecule has 0 radical (unpaired) electrons. The van der Waals surface area contributed by atoms with E-state index in [9.17, 15) is 4.79 Å². The van der Waals surface area contributed by atoms with Gasteiger partial charge in [-0.15, -0.1) is 0 Å². The summed E-state index contributed by atoms with van der Waals surface area (Å²) in [7, 11) is 0. The molecule has 1 aromatic rings. The zero-order valence-electron chi connectivity index (χ0n) is 9.82. The van der Waals surface area contributed by atoms with Gasteiger partial charge in [0, 0.05) is 12.4 Å². The number of carboxylic acids is 1. The van der Waals surface area contributed by atoms with E-state index in [2.05, 4.69) is 0 Å². The zero-order valence-corrected chi connectivity index (χ0v) is 9.82. The molecule has 1 atom stereocenters. The van der Waals surface area contributed by atoms with Crippen LogP contribution in [0.5, 0.6) is 0 Å². The van der Waals surface area contributed by atoms with Gasteiger partial charge in [0.1, 0.15) is 6.04 Å². The van der Waals surface area contributed by atoms with Crippen molar-refractivity contribution >= 4 is 5.97 Å². The van der Waals surface area contributed by atoms with Crippen LogP contribution in [0.15, 0.2) is 12.4 Å². The number of nitrogens with zero attached hydrogens (tertiary/aromatic N) is 1. The number of aliphatic carboxylic acids is 1. The molecule has 1 aromatic heterocycles. The molecule has 0 fully saturated rings. The quantitative estimate of drug-likeness (QED) is 0.828. The third-order valence-corrected chi connectivity index (χ3v) is 2.65. The summed E-state index contributed by atoms with van der Waals surface area (Å²) in [6.07, 6.45) is 4.50. The fraction of sp³-hybridized carbons (Fsp3) is 0.583. The van der Waals surface area contributed by atoms with Gasteiger partial charge in [0.15, 0.2) is 0 Å². The Kier molecular flexibility index (Phi) is 3.56. The van der Waals surface area contributed by atoms with Gasteiger partial charge in [-0.05, 0) is 37.3 Å². The molecule has 84 valence electrons. The molecule has 3 heteroatoms. The first kappa shape index (κ1) is 11.8. The van der Waals surface area contributed by atoms with Gasteiger partial charge in [0.25, 0.3) is 0 Å². The molecule has 0 aliphatic rings. The second-order valence-electron chi connectivity index (χ2n) is 4.56. The second-order valence-corrected chi connectivity index (χ2v) is 4.56. The fourth-order valence-corrected chi connectivity index (χ4v) is 1.66. The number of hydrogen-bond acceptors (Lipinski definition) is 1. The minimum atomic E-state index is -0.751. The van der Waals surface area contributed by atoms with Crippen LogP contribution in [0.2, 0.25) is 0 Å². The Morgan fingerprint density at radius 2 is 1.80 bits per heavy atom. The Morgan fingerprint density at radius 1 is 1.33 bits per heavy atom. The Hall–Kier alpha value is -1.25. The van der Waals surface area contributed by atoms with Crippen molar-refractivity contribution in [1.29, 1.82) is 0 Å². The topological polar surface area (TPSA) is 42.2 Å². The van der Waals surface area contributed by atoms with Crippen LogP contribution < -0.4 is 0 Å². The van der Waals surface area contributed by atoms with E-state index in [-0.39, 0.29) is 0 Å². The largest absolute Gasteiger partial charge is 0.480 e. The Morgan fingerprint density at radius 3 is 2.13 bits per heavy atom. The Bertz CT molecular complexity index is 333. The van der Waals surface area contributed by atoms with Crippen LogP contribution in [0.1, 0.15) is 37.4 Å². The van der Waals surface area contributed by atoms with Gasteiger partial charge < -0.3 is 9.67 Å². The van der Waals surface area contributed by atoms with Crippen LogP contribution in [0.25, 0.3) is 0 Å². The number of aryl methyl sites for hydroxylation is 2. The van der Waals surface area contributed by atoms with Crippen molar-refractivity contribution in [3.05, 3.63) is 23.5 Å². The first-order chi connectivity index (χ1) is 6.91. The van der Waals surface area contributed by atoms with Crippen molar-refractivity contribution in [1.82, 2.24) is 4.57 Å². The summed E-state index contributed by atoms with van der Waals surface area (Å²) in [5.41, 5.74) is 2.29. The summed E-state index contributed by atoms with van der Waals surface area (Å²) in [6.45, 7) is 8.08. The molecule has 0 amide bonds. The molecule has 0 saturated heterocycles. The van der Waals surface area contributed by atoms with Gasteiger partial charge in [0.05, 0.1) is 0 Å². The highest BCUT2D eigenvalue weighted by molar-refractivity contribution is 5.72.